The van der Waals surface area contributed by atoms with E-state index in [0.29, 0.717) is 10.8 Å². The minimum atomic E-state index is -1.15. The summed E-state index contributed by atoms with van der Waals surface area (Å²) in [6, 6.07) is 14.4. The number of aliphatic carboxylic acids is 1. The number of amides is 1. The molecule has 3 N–H and O–H groups in total. The summed E-state index contributed by atoms with van der Waals surface area (Å²) in [6.45, 7) is 0. The third kappa shape index (κ3) is 3.55. The molecule has 0 fully saturated rings. The van der Waals surface area contributed by atoms with Crippen molar-refractivity contribution in [1.82, 2.24) is 15.5 Å². The standard InChI is InChI=1S/C18H15N3O4/c22-16-13-9-5-4-8-12(13)15(20-21-16)17(23)19-14(18(24)25)10-11-6-2-1-3-7-11/h1-9,14H,10H2,(H,19,23)(H,21,22)(H,24,25). The maximum atomic E-state index is 12.5. The summed E-state index contributed by atoms with van der Waals surface area (Å²) in [4.78, 5) is 35.8. The number of carboxylic acids is 1. The Balaban J connectivity index is 1.89. The second-order valence-electron chi connectivity index (χ2n) is 5.50. The highest BCUT2D eigenvalue weighted by Gasteiger charge is 2.23. The number of rotatable bonds is 5. The van der Waals surface area contributed by atoms with E-state index in [0.717, 1.165) is 5.56 Å². The molecule has 7 heteroatoms. The number of nitrogens with one attached hydrogen (secondary N) is 2. The quantitative estimate of drug-likeness (QED) is 0.650. The minimum Gasteiger partial charge on any atom is -0.480 e. The summed E-state index contributed by atoms with van der Waals surface area (Å²) >= 11 is 0. The van der Waals surface area contributed by atoms with E-state index in [1.165, 1.54) is 0 Å². The summed E-state index contributed by atoms with van der Waals surface area (Å²) in [6.07, 6.45) is 0.142. The summed E-state index contributed by atoms with van der Waals surface area (Å²) in [7, 11) is 0. The van der Waals surface area contributed by atoms with E-state index in [2.05, 4.69) is 15.5 Å². The van der Waals surface area contributed by atoms with Gasteiger partial charge in [0.1, 0.15) is 6.04 Å². The van der Waals surface area contributed by atoms with Crippen LogP contribution < -0.4 is 10.9 Å². The second-order valence-corrected chi connectivity index (χ2v) is 5.50. The van der Waals surface area contributed by atoms with Crippen molar-refractivity contribution < 1.29 is 14.7 Å². The number of aromatic amines is 1. The Bertz CT molecular complexity index is 982. The maximum absolute atomic E-state index is 12.5. The largest absolute Gasteiger partial charge is 0.480 e. The number of carbonyl (C=O) groups is 2. The molecule has 2 aromatic carbocycles. The predicted octanol–water partition coefficient (Wildman–Crippen LogP) is 1.35. The molecule has 0 aliphatic heterocycles. The van der Waals surface area contributed by atoms with Gasteiger partial charge in [0, 0.05) is 11.8 Å². The van der Waals surface area contributed by atoms with E-state index < -0.39 is 23.5 Å². The van der Waals surface area contributed by atoms with E-state index >= 15 is 0 Å². The van der Waals surface area contributed by atoms with Crippen molar-refractivity contribution in [2.45, 2.75) is 12.5 Å². The zero-order chi connectivity index (χ0) is 17.8. The Morgan fingerprint density at radius 2 is 1.68 bits per heavy atom. The predicted molar refractivity (Wildman–Crippen MR) is 91.4 cm³/mol. The fourth-order valence-electron chi connectivity index (χ4n) is 2.56. The lowest BCUT2D eigenvalue weighted by molar-refractivity contribution is -0.139. The highest BCUT2D eigenvalue weighted by Crippen LogP contribution is 2.13. The van der Waals surface area contributed by atoms with Crippen molar-refractivity contribution in [3.8, 4) is 0 Å². The van der Waals surface area contributed by atoms with E-state index in [4.69, 9.17) is 0 Å². The molecule has 126 valence electrons. The fourth-order valence-corrected chi connectivity index (χ4v) is 2.56. The molecule has 1 aromatic heterocycles. The van der Waals surface area contributed by atoms with Gasteiger partial charge in [-0.1, -0.05) is 48.5 Å². The van der Waals surface area contributed by atoms with Gasteiger partial charge in [0.15, 0.2) is 5.69 Å². The Morgan fingerprint density at radius 3 is 2.36 bits per heavy atom. The first-order valence-corrected chi connectivity index (χ1v) is 7.61. The fraction of sp³-hybridized carbons (Fsp3) is 0.111. The van der Waals surface area contributed by atoms with Crippen LogP contribution >= 0.6 is 0 Å². The van der Waals surface area contributed by atoms with Gasteiger partial charge >= 0.3 is 5.97 Å². The van der Waals surface area contributed by atoms with Crippen molar-refractivity contribution in [1.29, 1.82) is 0 Å². The normalized spacial score (nSPS) is 11.8. The van der Waals surface area contributed by atoms with Crippen LogP contribution in [-0.4, -0.2) is 33.2 Å². The molecule has 0 aliphatic rings. The number of hydrogen-bond acceptors (Lipinski definition) is 4. The van der Waals surface area contributed by atoms with Crippen LogP contribution in [0.5, 0.6) is 0 Å². The Morgan fingerprint density at radius 1 is 1.04 bits per heavy atom. The number of benzene rings is 2. The molecule has 1 atom stereocenters. The van der Waals surface area contributed by atoms with Gasteiger partial charge in [-0.3, -0.25) is 9.59 Å². The number of aromatic nitrogens is 2. The van der Waals surface area contributed by atoms with E-state index in [1.807, 2.05) is 6.07 Å². The van der Waals surface area contributed by atoms with Crippen molar-refractivity contribution in [2.24, 2.45) is 0 Å². The number of H-pyrrole nitrogens is 1. The topological polar surface area (TPSA) is 112 Å². The molecule has 25 heavy (non-hydrogen) atoms. The van der Waals surface area contributed by atoms with Crippen LogP contribution in [0.15, 0.2) is 59.4 Å². The Hall–Kier alpha value is -3.48. The van der Waals surface area contributed by atoms with Gasteiger partial charge in [-0.05, 0) is 11.6 Å². The van der Waals surface area contributed by atoms with Gasteiger partial charge in [0.2, 0.25) is 0 Å². The van der Waals surface area contributed by atoms with Crippen LogP contribution in [0.25, 0.3) is 10.8 Å². The number of hydrogen-bond donors (Lipinski definition) is 3. The number of carboxylic acid groups (broad SMARTS) is 1. The molecule has 7 nitrogen and oxygen atoms in total. The van der Waals surface area contributed by atoms with Gasteiger partial charge in [-0.25, -0.2) is 9.89 Å². The Labute approximate surface area is 142 Å². The molecule has 0 saturated heterocycles. The average molecular weight is 337 g/mol. The van der Waals surface area contributed by atoms with E-state index in [9.17, 15) is 19.5 Å². The summed E-state index contributed by atoms with van der Waals surface area (Å²) in [5.41, 5.74) is 0.357. The molecule has 0 spiro atoms. The lowest BCUT2D eigenvalue weighted by Crippen LogP contribution is -2.43. The molecule has 0 aliphatic carbocycles. The first-order valence-electron chi connectivity index (χ1n) is 7.61. The van der Waals surface area contributed by atoms with E-state index in [1.54, 1.807) is 48.5 Å². The van der Waals surface area contributed by atoms with Crippen LogP contribution in [-0.2, 0) is 11.2 Å². The molecule has 3 aromatic rings. The van der Waals surface area contributed by atoms with Gasteiger partial charge in [-0.2, -0.15) is 5.10 Å². The third-order valence-electron chi connectivity index (χ3n) is 3.80. The molecule has 1 heterocycles. The number of fused-ring (bicyclic) bond motifs is 1. The van der Waals surface area contributed by atoms with Crippen LogP contribution in [0.3, 0.4) is 0 Å². The summed E-state index contributed by atoms with van der Waals surface area (Å²) in [5.74, 6) is -1.80. The third-order valence-corrected chi connectivity index (χ3v) is 3.80. The number of nitrogens with zero attached hydrogens (tertiary/aromatic N) is 1. The highest BCUT2D eigenvalue weighted by atomic mass is 16.4. The van der Waals surface area contributed by atoms with Crippen LogP contribution in [0.2, 0.25) is 0 Å². The summed E-state index contributed by atoms with van der Waals surface area (Å²) < 4.78 is 0. The lowest BCUT2D eigenvalue weighted by Gasteiger charge is -2.15. The van der Waals surface area contributed by atoms with Gasteiger partial charge in [0.05, 0.1) is 5.39 Å². The molecular weight excluding hydrogens is 322 g/mol. The Kier molecular flexibility index (Phi) is 4.56. The zero-order valence-corrected chi connectivity index (χ0v) is 13.1. The minimum absolute atomic E-state index is 0.0190. The average Bonchev–Trinajstić information content (AvgIpc) is 2.62. The molecule has 1 unspecified atom stereocenters. The smallest absolute Gasteiger partial charge is 0.326 e. The molecule has 0 bridgehead atoms. The van der Waals surface area contributed by atoms with Crippen LogP contribution in [0, 0.1) is 0 Å². The van der Waals surface area contributed by atoms with Crippen molar-refractivity contribution >= 4 is 22.6 Å². The van der Waals surface area contributed by atoms with Gasteiger partial charge in [-0.15, -0.1) is 0 Å². The highest BCUT2D eigenvalue weighted by molar-refractivity contribution is 6.05. The summed E-state index contributed by atoms with van der Waals surface area (Å²) in [5, 5.41) is 18.6. The first kappa shape index (κ1) is 16.4. The maximum Gasteiger partial charge on any atom is 0.326 e. The monoisotopic (exact) mass is 337 g/mol. The van der Waals surface area contributed by atoms with Gasteiger partial charge < -0.3 is 10.4 Å². The molecule has 0 radical (unpaired) electrons. The second kappa shape index (κ2) is 6.96. The van der Waals surface area contributed by atoms with Gasteiger partial charge in [0.25, 0.3) is 11.5 Å². The molecule has 0 saturated carbocycles. The van der Waals surface area contributed by atoms with Crippen molar-refractivity contribution in [3.05, 3.63) is 76.2 Å². The first-order chi connectivity index (χ1) is 12.1. The SMILES string of the molecule is O=C(NC(Cc1ccccc1)C(=O)O)c1n[nH]c(=O)c2ccccc12. The van der Waals surface area contributed by atoms with E-state index in [-0.39, 0.29) is 12.1 Å². The lowest BCUT2D eigenvalue weighted by atomic mass is 10.1. The number of carbonyl (C=O) groups excluding carboxylic acids is 1. The van der Waals surface area contributed by atoms with Crippen LogP contribution in [0.1, 0.15) is 16.1 Å². The van der Waals surface area contributed by atoms with Crippen molar-refractivity contribution in [3.63, 3.8) is 0 Å². The molecule has 1 amide bonds. The zero-order valence-electron chi connectivity index (χ0n) is 13.1. The molecule has 3 rings (SSSR count). The molecular formula is C18H15N3O4. The van der Waals surface area contributed by atoms with Crippen LogP contribution in [0.4, 0.5) is 0 Å². The van der Waals surface area contributed by atoms with Crippen molar-refractivity contribution in [2.75, 3.05) is 0 Å².